The largest absolute Gasteiger partial charge is 0.503 e. The van der Waals surface area contributed by atoms with Crippen molar-refractivity contribution in [1.29, 1.82) is 0 Å². The Bertz CT molecular complexity index is 820. The maximum Gasteiger partial charge on any atom is 0.416 e. The van der Waals surface area contributed by atoms with Crippen LogP contribution in [0.4, 0.5) is 19.1 Å². The molecule has 0 radical (unpaired) electrons. The molecule has 0 amide bonds. The lowest BCUT2D eigenvalue weighted by Gasteiger charge is -2.09. The molecule has 1 aromatic carbocycles. The van der Waals surface area contributed by atoms with Gasteiger partial charge in [-0.25, -0.2) is 0 Å². The average molecular weight is 322 g/mol. The van der Waals surface area contributed by atoms with Gasteiger partial charge < -0.3 is 14.8 Å². The summed E-state index contributed by atoms with van der Waals surface area (Å²) >= 11 is 0. The average Bonchev–Trinajstić information content (AvgIpc) is 3.13. The van der Waals surface area contributed by atoms with Crippen LogP contribution in [0.2, 0.25) is 0 Å². The number of anilines is 1. The van der Waals surface area contributed by atoms with Gasteiger partial charge in [0.2, 0.25) is 11.8 Å². The number of furan rings is 1. The highest BCUT2D eigenvalue weighted by atomic mass is 19.4. The summed E-state index contributed by atoms with van der Waals surface area (Å²) in [5.41, 5.74) is -0.397. The highest BCUT2D eigenvalue weighted by molar-refractivity contribution is 5.83. The van der Waals surface area contributed by atoms with Crippen molar-refractivity contribution in [3.63, 3.8) is 0 Å². The van der Waals surface area contributed by atoms with E-state index in [1.807, 2.05) is 0 Å². The highest BCUT2D eigenvalue weighted by Crippen LogP contribution is 2.44. The van der Waals surface area contributed by atoms with Gasteiger partial charge in [0.1, 0.15) is 0 Å². The first-order valence-corrected chi connectivity index (χ1v) is 6.76. The number of alkyl halides is 3. The minimum absolute atomic E-state index is 0.131. The fourth-order valence-corrected chi connectivity index (χ4v) is 2.35. The second-order valence-electron chi connectivity index (χ2n) is 4.88. The fraction of sp³-hybridized carbons (Fsp3) is 0.125. The van der Waals surface area contributed by atoms with E-state index in [1.165, 1.54) is 16.7 Å². The zero-order chi connectivity index (χ0) is 16.6. The summed E-state index contributed by atoms with van der Waals surface area (Å²) in [4.78, 5) is 0. The monoisotopic (exact) mass is 322 g/mol. The first-order valence-electron chi connectivity index (χ1n) is 6.76. The number of hydrogen-bond donors (Lipinski definition) is 2. The van der Waals surface area contributed by atoms with Crippen LogP contribution >= 0.6 is 0 Å². The first-order chi connectivity index (χ1) is 10.9. The van der Waals surface area contributed by atoms with Gasteiger partial charge in [0.25, 0.3) is 0 Å². The molecule has 23 heavy (non-hydrogen) atoms. The van der Waals surface area contributed by atoms with Gasteiger partial charge in [0, 0.05) is 19.4 Å². The lowest BCUT2D eigenvalue weighted by atomic mass is 10.0. The predicted molar refractivity (Wildman–Crippen MR) is 79.7 cm³/mol. The minimum atomic E-state index is -4.46. The van der Waals surface area contributed by atoms with Gasteiger partial charge in [0.05, 0.1) is 11.1 Å². The van der Waals surface area contributed by atoms with Crippen molar-refractivity contribution in [2.75, 3.05) is 12.4 Å². The summed E-state index contributed by atoms with van der Waals surface area (Å²) in [5, 5.41) is 13.2. The molecule has 0 bridgehead atoms. The molecule has 4 nitrogen and oxygen atoms in total. The van der Waals surface area contributed by atoms with Gasteiger partial charge in [0.15, 0.2) is 5.75 Å². The number of nitrogens with one attached hydrogen (secondary N) is 1. The molecule has 0 unspecified atom stereocenters. The zero-order valence-electron chi connectivity index (χ0n) is 12.1. The molecule has 0 fully saturated rings. The molecule has 120 valence electrons. The second-order valence-corrected chi connectivity index (χ2v) is 4.88. The predicted octanol–water partition coefficient (Wildman–Crippen LogP) is 4.50. The molecule has 0 atom stereocenters. The third kappa shape index (κ3) is 2.65. The SMILES string of the molecule is CNc1oc(-n2cccc2)c(O)c1-c1cccc(C(F)(F)F)c1. The van der Waals surface area contributed by atoms with E-state index < -0.39 is 11.7 Å². The minimum Gasteiger partial charge on any atom is -0.503 e. The summed E-state index contributed by atoms with van der Waals surface area (Å²) < 4.78 is 45.7. The summed E-state index contributed by atoms with van der Waals surface area (Å²) in [6.07, 6.45) is -1.14. The molecule has 3 aromatic rings. The third-order valence-corrected chi connectivity index (χ3v) is 3.41. The maximum absolute atomic E-state index is 12.9. The Balaban J connectivity index is 2.17. The second kappa shape index (κ2) is 5.42. The van der Waals surface area contributed by atoms with Gasteiger partial charge in [-0.1, -0.05) is 12.1 Å². The zero-order valence-corrected chi connectivity index (χ0v) is 12.1. The van der Waals surface area contributed by atoms with Crippen LogP contribution in [0.3, 0.4) is 0 Å². The standard InChI is InChI=1S/C16H13F3N2O2/c1-20-14-12(10-5-4-6-11(9-10)16(17,18)19)13(22)15(23-14)21-7-2-3-8-21/h2-9,20,22H,1H3. The number of hydrogen-bond acceptors (Lipinski definition) is 3. The number of aromatic nitrogens is 1. The smallest absolute Gasteiger partial charge is 0.416 e. The van der Waals surface area contributed by atoms with Crippen LogP contribution in [0.1, 0.15) is 5.56 Å². The van der Waals surface area contributed by atoms with E-state index in [2.05, 4.69) is 5.32 Å². The van der Waals surface area contributed by atoms with Crippen molar-refractivity contribution in [2.24, 2.45) is 0 Å². The maximum atomic E-state index is 12.9. The number of rotatable bonds is 3. The van der Waals surface area contributed by atoms with Crippen LogP contribution in [-0.4, -0.2) is 16.7 Å². The topological polar surface area (TPSA) is 50.3 Å². The number of nitrogens with zero attached hydrogens (tertiary/aromatic N) is 1. The Hall–Kier alpha value is -2.83. The van der Waals surface area contributed by atoms with Crippen molar-refractivity contribution in [3.05, 3.63) is 54.4 Å². The van der Waals surface area contributed by atoms with Crippen molar-refractivity contribution in [2.45, 2.75) is 6.18 Å². The molecular formula is C16H13F3N2O2. The van der Waals surface area contributed by atoms with Crippen LogP contribution < -0.4 is 5.32 Å². The molecule has 0 spiro atoms. The van der Waals surface area contributed by atoms with E-state index in [0.717, 1.165) is 12.1 Å². The molecule has 0 saturated carbocycles. The molecule has 0 saturated heterocycles. The van der Waals surface area contributed by atoms with Gasteiger partial charge in [-0.05, 0) is 29.8 Å². The molecule has 7 heteroatoms. The number of halogens is 3. The van der Waals surface area contributed by atoms with E-state index in [-0.39, 0.29) is 28.6 Å². The fourth-order valence-electron chi connectivity index (χ4n) is 2.35. The summed E-state index contributed by atoms with van der Waals surface area (Å²) in [7, 11) is 1.56. The molecule has 0 aliphatic carbocycles. The van der Waals surface area contributed by atoms with Crippen LogP contribution in [0.15, 0.2) is 53.2 Å². The van der Waals surface area contributed by atoms with E-state index in [9.17, 15) is 18.3 Å². The Labute approximate surface area is 129 Å². The van der Waals surface area contributed by atoms with E-state index >= 15 is 0 Å². The Kier molecular flexibility index (Phi) is 3.55. The van der Waals surface area contributed by atoms with Gasteiger partial charge in [-0.3, -0.25) is 4.57 Å². The van der Waals surface area contributed by atoms with Crippen molar-refractivity contribution in [1.82, 2.24) is 4.57 Å². The Morgan fingerprint density at radius 2 is 1.83 bits per heavy atom. The molecule has 2 aromatic heterocycles. The lowest BCUT2D eigenvalue weighted by Crippen LogP contribution is -2.04. The molecule has 0 aliphatic heterocycles. The van der Waals surface area contributed by atoms with Crippen molar-refractivity contribution < 1.29 is 22.7 Å². The van der Waals surface area contributed by atoms with Crippen LogP contribution in [-0.2, 0) is 6.18 Å². The summed E-state index contributed by atoms with van der Waals surface area (Å²) in [5.74, 6) is 0.0853. The van der Waals surface area contributed by atoms with Crippen molar-refractivity contribution >= 4 is 5.88 Å². The Morgan fingerprint density at radius 1 is 1.13 bits per heavy atom. The summed E-state index contributed by atoms with van der Waals surface area (Å²) in [6, 6.07) is 8.22. The molecule has 3 rings (SSSR count). The number of aromatic hydroxyl groups is 1. The lowest BCUT2D eigenvalue weighted by molar-refractivity contribution is -0.137. The van der Waals surface area contributed by atoms with Crippen molar-refractivity contribution in [3.8, 4) is 22.8 Å². The normalized spacial score (nSPS) is 11.7. The first kappa shape index (κ1) is 15.1. The van der Waals surface area contributed by atoms with Crippen LogP contribution in [0, 0.1) is 0 Å². The quantitative estimate of drug-likeness (QED) is 0.746. The third-order valence-electron chi connectivity index (χ3n) is 3.41. The highest BCUT2D eigenvalue weighted by Gasteiger charge is 2.31. The van der Waals surface area contributed by atoms with Gasteiger partial charge >= 0.3 is 6.18 Å². The molecular weight excluding hydrogens is 309 g/mol. The van der Waals surface area contributed by atoms with Gasteiger partial charge in [-0.2, -0.15) is 13.2 Å². The molecule has 0 aliphatic rings. The summed E-state index contributed by atoms with van der Waals surface area (Å²) in [6.45, 7) is 0. The molecule has 2 heterocycles. The Morgan fingerprint density at radius 3 is 2.43 bits per heavy atom. The number of benzene rings is 1. The van der Waals surface area contributed by atoms with Gasteiger partial charge in [-0.15, -0.1) is 0 Å². The van der Waals surface area contributed by atoms with Crippen LogP contribution in [0.25, 0.3) is 17.0 Å². The van der Waals surface area contributed by atoms with E-state index in [1.54, 1.807) is 31.6 Å². The molecule has 2 N–H and O–H groups in total. The van der Waals surface area contributed by atoms with Crippen LogP contribution in [0.5, 0.6) is 5.75 Å². The van der Waals surface area contributed by atoms with E-state index in [4.69, 9.17) is 4.42 Å². The van der Waals surface area contributed by atoms with E-state index in [0.29, 0.717) is 0 Å².